The minimum absolute atomic E-state index is 0.0145. The number of hydrogen-bond acceptors (Lipinski definition) is 3. The van der Waals surface area contributed by atoms with Gasteiger partial charge in [0.2, 0.25) is 9.84 Å². The fourth-order valence-electron chi connectivity index (χ4n) is 0.616. The summed E-state index contributed by atoms with van der Waals surface area (Å²) >= 11 is 3.15. The van der Waals surface area contributed by atoms with Crippen molar-refractivity contribution in [1.29, 1.82) is 0 Å². The van der Waals surface area contributed by atoms with Crippen molar-refractivity contribution in [2.45, 2.75) is 5.03 Å². The Hall–Kier alpha value is -0.680. The third-order valence-corrected chi connectivity index (χ3v) is 2.94. The van der Waals surface area contributed by atoms with Gasteiger partial charge in [0, 0.05) is 16.1 Å². The Kier molecular flexibility index (Phi) is 2.64. The quantitative estimate of drug-likeness (QED) is 0.801. The van der Waals surface area contributed by atoms with Gasteiger partial charge in [-0.15, -0.1) is 0 Å². The van der Waals surface area contributed by atoms with Gasteiger partial charge < -0.3 is 0 Å². The highest BCUT2D eigenvalue weighted by Gasteiger charge is 2.09. The average Bonchev–Trinajstić information content (AvgIpc) is 2.05. The molecular weight excluding hydrogens is 242 g/mol. The number of halogens is 1. The number of sulfone groups is 1. The molecule has 0 saturated heterocycles. The molecule has 64 valence electrons. The molecule has 0 spiro atoms. The Morgan fingerprint density at radius 2 is 2.17 bits per heavy atom. The Morgan fingerprint density at radius 1 is 1.50 bits per heavy atom. The van der Waals surface area contributed by atoms with Crippen molar-refractivity contribution in [2.75, 3.05) is 0 Å². The zero-order valence-electron chi connectivity index (χ0n) is 6.07. The second kappa shape index (κ2) is 3.37. The van der Waals surface area contributed by atoms with Crippen LogP contribution in [0, 0.1) is 0 Å². The van der Waals surface area contributed by atoms with Gasteiger partial charge in [0.15, 0.2) is 5.03 Å². The van der Waals surface area contributed by atoms with Crippen molar-refractivity contribution >= 4 is 25.8 Å². The molecule has 0 aliphatic heterocycles. The van der Waals surface area contributed by atoms with Gasteiger partial charge in [0.25, 0.3) is 0 Å². The number of pyridine rings is 1. The van der Waals surface area contributed by atoms with Crippen molar-refractivity contribution in [3.05, 3.63) is 34.8 Å². The molecule has 1 heterocycles. The summed E-state index contributed by atoms with van der Waals surface area (Å²) in [5.41, 5.74) is 0. The summed E-state index contributed by atoms with van der Waals surface area (Å²) in [6.07, 6.45) is 1.43. The second-order valence-electron chi connectivity index (χ2n) is 2.03. The molecule has 0 fully saturated rings. The third-order valence-electron chi connectivity index (χ3n) is 1.21. The van der Waals surface area contributed by atoms with Gasteiger partial charge in [-0.3, -0.25) is 0 Å². The van der Waals surface area contributed by atoms with Crippen LogP contribution in [0.4, 0.5) is 0 Å². The van der Waals surface area contributed by atoms with E-state index in [9.17, 15) is 8.42 Å². The van der Waals surface area contributed by atoms with Crippen molar-refractivity contribution in [3.8, 4) is 0 Å². The molecule has 0 unspecified atom stereocenters. The van der Waals surface area contributed by atoms with Gasteiger partial charge in [0.1, 0.15) is 0 Å². The van der Waals surface area contributed by atoms with Crippen LogP contribution >= 0.6 is 15.9 Å². The van der Waals surface area contributed by atoms with E-state index in [0.29, 0.717) is 0 Å². The van der Waals surface area contributed by atoms with Crippen LogP contribution in [0.1, 0.15) is 0 Å². The van der Waals surface area contributed by atoms with Crippen LogP contribution in [0.5, 0.6) is 0 Å². The molecule has 5 heteroatoms. The highest BCUT2D eigenvalue weighted by molar-refractivity contribution is 9.10. The van der Waals surface area contributed by atoms with Crippen LogP contribution in [0.25, 0.3) is 0 Å². The molecule has 0 N–H and O–H groups in total. The molecule has 0 saturated carbocycles. The van der Waals surface area contributed by atoms with Crippen molar-refractivity contribution < 1.29 is 8.42 Å². The summed E-state index contributed by atoms with van der Waals surface area (Å²) in [5, 5.41) is 0.893. The predicted molar refractivity (Wildman–Crippen MR) is 49.3 cm³/mol. The maximum atomic E-state index is 11.1. The summed E-state index contributed by atoms with van der Waals surface area (Å²) in [6.45, 7) is 3.19. The van der Waals surface area contributed by atoms with E-state index >= 15 is 0 Å². The zero-order chi connectivity index (χ0) is 9.19. The van der Waals surface area contributed by atoms with Crippen LogP contribution in [0.3, 0.4) is 0 Å². The Morgan fingerprint density at radius 3 is 2.58 bits per heavy atom. The molecular formula is C7H6BrNO2S. The van der Waals surface area contributed by atoms with Crippen LogP contribution < -0.4 is 0 Å². The smallest absolute Gasteiger partial charge is 0.216 e. The molecule has 0 aliphatic carbocycles. The van der Waals surface area contributed by atoms with Crippen LogP contribution in [-0.2, 0) is 9.84 Å². The summed E-state index contributed by atoms with van der Waals surface area (Å²) in [7, 11) is -3.38. The minimum atomic E-state index is -3.38. The first-order valence-electron chi connectivity index (χ1n) is 3.05. The lowest BCUT2D eigenvalue weighted by Gasteiger charge is -1.95. The molecule has 1 aromatic heterocycles. The summed E-state index contributed by atoms with van der Waals surface area (Å²) in [5.74, 6) is 0. The molecule has 12 heavy (non-hydrogen) atoms. The molecule has 1 aromatic rings. The first-order chi connectivity index (χ1) is 5.56. The van der Waals surface area contributed by atoms with Crippen molar-refractivity contribution in [2.24, 2.45) is 0 Å². The Labute approximate surface area is 79.2 Å². The van der Waals surface area contributed by atoms with Gasteiger partial charge >= 0.3 is 0 Å². The van der Waals surface area contributed by atoms with E-state index in [1.54, 1.807) is 6.07 Å². The highest BCUT2D eigenvalue weighted by atomic mass is 79.9. The minimum Gasteiger partial charge on any atom is -0.243 e. The summed E-state index contributed by atoms with van der Waals surface area (Å²) in [4.78, 5) is 3.71. The topological polar surface area (TPSA) is 47.0 Å². The van der Waals surface area contributed by atoms with E-state index in [2.05, 4.69) is 27.5 Å². The van der Waals surface area contributed by atoms with Crippen LogP contribution in [0.2, 0.25) is 0 Å². The number of rotatable bonds is 2. The van der Waals surface area contributed by atoms with E-state index in [0.717, 1.165) is 9.88 Å². The second-order valence-corrected chi connectivity index (χ2v) is 4.78. The molecule has 0 aromatic carbocycles. The SMILES string of the molecule is C=CS(=O)(=O)c1ccc(Br)cn1. The van der Waals surface area contributed by atoms with Crippen LogP contribution in [-0.4, -0.2) is 13.4 Å². The number of hydrogen-bond donors (Lipinski definition) is 0. The average molecular weight is 248 g/mol. The van der Waals surface area contributed by atoms with Crippen molar-refractivity contribution in [3.63, 3.8) is 0 Å². The van der Waals surface area contributed by atoms with E-state index < -0.39 is 9.84 Å². The zero-order valence-corrected chi connectivity index (χ0v) is 8.47. The fraction of sp³-hybridized carbons (Fsp3) is 0. The van der Waals surface area contributed by atoms with Gasteiger partial charge in [-0.25, -0.2) is 13.4 Å². The van der Waals surface area contributed by atoms with Gasteiger partial charge in [-0.05, 0) is 28.1 Å². The molecule has 0 amide bonds. The third kappa shape index (κ3) is 1.92. The number of nitrogens with zero attached hydrogens (tertiary/aromatic N) is 1. The van der Waals surface area contributed by atoms with E-state index in [4.69, 9.17) is 0 Å². The predicted octanol–water partition coefficient (Wildman–Crippen LogP) is 1.76. The fourth-order valence-corrected chi connectivity index (χ4v) is 1.48. The lowest BCUT2D eigenvalue weighted by Crippen LogP contribution is -1.97. The maximum absolute atomic E-state index is 11.1. The molecule has 0 bridgehead atoms. The first-order valence-corrected chi connectivity index (χ1v) is 5.39. The Balaban J connectivity index is 3.23. The monoisotopic (exact) mass is 247 g/mol. The lowest BCUT2D eigenvalue weighted by atomic mass is 10.5. The first kappa shape index (κ1) is 9.41. The summed E-state index contributed by atoms with van der Waals surface area (Å²) < 4.78 is 23.0. The largest absolute Gasteiger partial charge is 0.243 e. The van der Waals surface area contributed by atoms with Crippen LogP contribution in [0.15, 0.2) is 39.8 Å². The lowest BCUT2D eigenvalue weighted by molar-refractivity contribution is 0.601. The molecule has 1 rings (SSSR count). The molecule has 0 radical (unpaired) electrons. The standard InChI is InChI=1S/C7H6BrNO2S/c1-2-12(10,11)7-4-3-6(8)5-9-7/h2-5H,1H2. The van der Waals surface area contributed by atoms with E-state index in [1.807, 2.05) is 0 Å². The molecule has 0 atom stereocenters. The number of aromatic nitrogens is 1. The Bertz CT molecular complexity index is 382. The maximum Gasteiger partial charge on any atom is 0.216 e. The van der Waals surface area contributed by atoms with Gasteiger partial charge in [-0.1, -0.05) is 6.58 Å². The highest BCUT2D eigenvalue weighted by Crippen LogP contribution is 2.12. The normalized spacial score (nSPS) is 11.1. The molecule has 0 aliphatic rings. The van der Waals surface area contributed by atoms with Gasteiger partial charge in [-0.2, -0.15) is 0 Å². The van der Waals surface area contributed by atoms with Gasteiger partial charge in [0.05, 0.1) is 0 Å². The summed E-state index contributed by atoms with van der Waals surface area (Å²) in [6, 6.07) is 3.03. The van der Waals surface area contributed by atoms with Crippen molar-refractivity contribution in [1.82, 2.24) is 4.98 Å². The molecule has 3 nitrogen and oxygen atoms in total. The van der Waals surface area contributed by atoms with E-state index in [-0.39, 0.29) is 5.03 Å². The van der Waals surface area contributed by atoms with E-state index in [1.165, 1.54) is 12.3 Å².